The zero-order valence-corrected chi connectivity index (χ0v) is 9.19. The van der Waals surface area contributed by atoms with Crippen LogP contribution in [0.15, 0.2) is 18.2 Å². The van der Waals surface area contributed by atoms with Gasteiger partial charge in [-0.25, -0.2) is 0 Å². The molecular weight excluding hydrogens is 168 g/mol. The molecule has 0 aliphatic heterocycles. The van der Waals surface area contributed by atoms with E-state index in [1.54, 1.807) is 0 Å². The van der Waals surface area contributed by atoms with Crippen LogP contribution in [0.3, 0.4) is 0 Å². The van der Waals surface area contributed by atoms with Crippen molar-refractivity contribution < 1.29 is 2.85 Å². The number of rotatable bonds is 1. The minimum absolute atomic E-state index is 0. The SMILES string of the molecule is Cc1ccc(C)c(CCl)c1.[H-].[H-].[Mg+2]. The Hall–Kier alpha value is 0.276. The molecular formula is C9H13ClMg. The van der Waals surface area contributed by atoms with Crippen LogP contribution in [0.25, 0.3) is 0 Å². The number of hydrogen-bond acceptors (Lipinski definition) is 0. The smallest absolute Gasteiger partial charge is 1.00 e. The number of alkyl halides is 1. The molecule has 0 unspecified atom stereocenters. The van der Waals surface area contributed by atoms with Gasteiger partial charge in [-0.05, 0) is 25.0 Å². The van der Waals surface area contributed by atoms with Crippen LogP contribution >= 0.6 is 11.6 Å². The number of hydrogen-bond donors (Lipinski definition) is 0. The van der Waals surface area contributed by atoms with Crippen molar-refractivity contribution in [2.45, 2.75) is 19.7 Å². The van der Waals surface area contributed by atoms with E-state index >= 15 is 0 Å². The standard InChI is InChI=1S/C9H11Cl.Mg.2H/c1-7-3-4-8(2)9(5-7)6-10;;;/h3-5H,6H2,1-2H3;;;/q;+2;2*-1. The van der Waals surface area contributed by atoms with Crippen LogP contribution in [0.4, 0.5) is 0 Å². The zero-order valence-electron chi connectivity index (χ0n) is 9.02. The predicted octanol–water partition coefficient (Wildman–Crippen LogP) is 2.89. The monoisotopic (exact) mass is 180 g/mol. The summed E-state index contributed by atoms with van der Waals surface area (Å²) < 4.78 is 0. The minimum Gasteiger partial charge on any atom is -1.00 e. The van der Waals surface area contributed by atoms with E-state index in [4.69, 9.17) is 11.6 Å². The average molecular weight is 181 g/mol. The maximum atomic E-state index is 5.70. The topological polar surface area (TPSA) is 0 Å². The first-order valence-electron chi connectivity index (χ1n) is 3.36. The Balaban J connectivity index is -0.000000333. The summed E-state index contributed by atoms with van der Waals surface area (Å²) in [6, 6.07) is 6.33. The van der Waals surface area contributed by atoms with Crippen molar-refractivity contribution in [1.82, 2.24) is 0 Å². The van der Waals surface area contributed by atoms with E-state index in [0.717, 1.165) is 0 Å². The first kappa shape index (κ1) is 11.3. The van der Waals surface area contributed by atoms with Gasteiger partial charge in [-0.2, -0.15) is 0 Å². The molecule has 58 valence electrons. The quantitative estimate of drug-likeness (QED) is 0.461. The molecule has 0 aliphatic rings. The number of aryl methyl sites for hydroxylation is 2. The van der Waals surface area contributed by atoms with E-state index < -0.39 is 0 Å². The average Bonchev–Trinajstić information content (AvgIpc) is 1.94. The van der Waals surface area contributed by atoms with Crippen LogP contribution in [-0.4, -0.2) is 23.1 Å². The molecule has 0 fully saturated rings. The summed E-state index contributed by atoms with van der Waals surface area (Å²) in [4.78, 5) is 0. The Morgan fingerprint density at radius 3 is 2.45 bits per heavy atom. The van der Waals surface area contributed by atoms with Gasteiger partial charge in [-0.3, -0.25) is 0 Å². The molecule has 1 aromatic carbocycles. The van der Waals surface area contributed by atoms with E-state index in [9.17, 15) is 0 Å². The molecule has 1 aromatic rings. The summed E-state index contributed by atoms with van der Waals surface area (Å²) in [6.07, 6.45) is 0. The van der Waals surface area contributed by atoms with Gasteiger partial charge < -0.3 is 2.85 Å². The van der Waals surface area contributed by atoms with Crippen molar-refractivity contribution in [3.8, 4) is 0 Å². The molecule has 1 rings (SSSR count). The van der Waals surface area contributed by atoms with E-state index in [1.165, 1.54) is 16.7 Å². The second-order valence-electron chi connectivity index (χ2n) is 2.56. The molecule has 11 heavy (non-hydrogen) atoms. The Morgan fingerprint density at radius 2 is 2.00 bits per heavy atom. The second kappa shape index (κ2) is 5.02. The van der Waals surface area contributed by atoms with Crippen molar-refractivity contribution in [1.29, 1.82) is 0 Å². The van der Waals surface area contributed by atoms with Crippen molar-refractivity contribution >= 4 is 34.7 Å². The van der Waals surface area contributed by atoms with Gasteiger partial charge in [0.05, 0.1) is 0 Å². The summed E-state index contributed by atoms with van der Waals surface area (Å²) in [6.45, 7) is 4.16. The molecule has 0 saturated carbocycles. The van der Waals surface area contributed by atoms with Crippen LogP contribution in [0.2, 0.25) is 0 Å². The first-order chi connectivity index (χ1) is 4.74. The minimum atomic E-state index is 0. The van der Waals surface area contributed by atoms with Gasteiger partial charge in [0, 0.05) is 5.88 Å². The van der Waals surface area contributed by atoms with Gasteiger partial charge in [-0.15, -0.1) is 11.6 Å². The summed E-state index contributed by atoms with van der Waals surface area (Å²) in [5.41, 5.74) is 3.79. The first-order valence-corrected chi connectivity index (χ1v) is 3.89. The van der Waals surface area contributed by atoms with Gasteiger partial charge in [0.15, 0.2) is 0 Å². The summed E-state index contributed by atoms with van der Waals surface area (Å²) in [7, 11) is 0. The van der Waals surface area contributed by atoms with Crippen molar-refractivity contribution in [2.75, 3.05) is 0 Å². The predicted molar refractivity (Wildman–Crippen MR) is 53.5 cm³/mol. The Morgan fingerprint density at radius 1 is 1.36 bits per heavy atom. The van der Waals surface area contributed by atoms with E-state index in [2.05, 4.69) is 32.0 Å². The zero-order chi connectivity index (χ0) is 7.56. The van der Waals surface area contributed by atoms with E-state index in [-0.39, 0.29) is 25.9 Å². The number of halogens is 1. The maximum Gasteiger partial charge on any atom is 2.00 e. The van der Waals surface area contributed by atoms with Crippen LogP contribution < -0.4 is 0 Å². The molecule has 0 bridgehead atoms. The van der Waals surface area contributed by atoms with Gasteiger partial charge >= 0.3 is 23.1 Å². The Labute approximate surface area is 92.1 Å². The van der Waals surface area contributed by atoms with E-state index in [1.807, 2.05) is 0 Å². The Bertz CT molecular complexity index is 241. The van der Waals surface area contributed by atoms with Gasteiger partial charge in [0.1, 0.15) is 0 Å². The number of benzene rings is 1. The van der Waals surface area contributed by atoms with Crippen LogP contribution in [-0.2, 0) is 5.88 Å². The van der Waals surface area contributed by atoms with Crippen LogP contribution in [0.5, 0.6) is 0 Å². The normalized spacial score (nSPS) is 9.00. The fourth-order valence-corrected chi connectivity index (χ4v) is 1.23. The summed E-state index contributed by atoms with van der Waals surface area (Å²) >= 11 is 5.70. The van der Waals surface area contributed by atoms with Crippen molar-refractivity contribution in [3.05, 3.63) is 34.9 Å². The fourth-order valence-electron chi connectivity index (χ4n) is 0.944. The molecule has 0 atom stereocenters. The third-order valence-electron chi connectivity index (χ3n) is 1.65. The fraction of sp³-hybridized carbons (Fsp3) is 0.333. The molecule has 0 saturated heterocycles. The van der Waals surface area contributed by atoms with Gasteiger partial charge in [0.2, 0.25) is 0 Å². The maximum absolute atomic E-state index is 5.70. The van der Waals surface area contributed by atoms with Crippen molar-refractivity contribution in [3.63, 3.8) is 0 Å². The third-order valence-corrected chi connectivity index (χ3v) is 1.94. The van der Waals surface area contributed by atoms with Gasteiger partial charge in [-0.1, -0.05) is 23.8 Å². The van der Waals surface area contributed by atoms with Crippen LogP contribution in [0.1, 0.15) is 19.5 Å². The molecule has 0 heterocycles. The largest absolute Gasteiger partial charge is 2.00 e. The summed E-state index contributed by atoms with van der Waals surface area (Å²) in [5.74, 6) is 0.619. The molecule has 0 nitrogen and oxygen atoms in total. The van der Waals surface area contributed by atoms with Gasteiger partial charge in [0.25, 0.3) is 0 Å². The van der Waals surface area contributed by atoms with Crippen molar-refractivity contribution in [2.24, 2.45) is 0 Å². The molecule has 0 spiro atoms. The molecule has 0 aromatic heterocycles. The Kier molecular flexibility index (Phi) is 5.14. The second-order valence-corrected chi connectivity index (χ2v) is 2.83. The molecule has 0 amide bonds. The van der Waals surface area contributed by atoms with Crippen LogP contribution in [0, 0.1) is 13.8 Å². The molecule has 0 aliphatic carbocycles. The third kappa shape index (κ3) is 3.02. The molecule has 0 radical (unpaired) electrons. The molecule has 0 N–H and O–H groups in total. The summed E-state index contributed by atoms with van der Waals surface area (Å²) in [5, 5.41) is 0. The van der Waals surface area contributed by atoms with E-state index in [0.29, 0.717) is 5.88 Å². The molecule has 2 heteroatoms.